The molecule has 1 aliphatic rings. The van der Waals surface area contributed by atoms with E-state index in [1.165, 1.54) is 4.31 Å². The zero-order valence-corrected chi connectivity index (χ0v) is 15.5. The molecule has 1 heterocycles. The van der Waals surface area contributed by atoms with Crippen LogP contribution < -0.4 is 5.32 Å². The van der Waals surface area contributed by atoms with Crippen molar-refractivity contribution < 1.29 is 17.9 Å². The molecule has 3 rings (SSSR count). The summed E-state index contributed by atoms with van der Waals surface area (Å²) in [7, 11) is -3.37. The molecular weight excluding hydrogens is 352 g/mol. The average molecular weight is 374 g/mol. The topological polar surface area (TPSA) is 75.7 Å². The molecule has 6 nitrogen and oxygen atoms in total. The SMILES string of the molecule is Cc1cccc(NC(=O)c2ccc(CS(=O)(=O)N3CCOCC3)cc2)c1. The fourth-order valence-corrected chi connectivity index (χ4v) is 4.31. The maximum absolute atomic E-state index is 12.4. The van der Waals surface area contributed by atoms with Crippen molar-refractivity contribution in [3.63, 3.8) is 0 Å². The summed E-state index contributed by atoms with van der Waals surface area (Å²) in [5, 5.41) is 2.84. The first-order chi connectivity index (χ1) is 12.4. The van der Waals surface area contributed by atoms with E-state index in [0.29, 0.717) is 37.4 Å². The Morgan fingerprint density at radius 2 is 1.81 bits per heavy atom. The maximum atomic E-state index is 12.4. The molecule has 0 radical (unpaired) electrons. The molecule has 138 valence electrons. The number of hydrogen-bond acceptors (Lipinski definition) is 4. The first-order valence-electron chi connectivity index (χ1n) is 8.46. The van der Waals surface area contributed by atoms with Crippen LogP contribution in [0.1, 0.15) is 21.5 Å². The summed E-state index contributed by atoms with van der Waals surface area (Å²) in [4.78, 5) is 12.3. The fraction of sp³-hybridized carbons (Fsp3) is 0.316. The lowest BCUT2D eigenvalue weighted by atomic mass is 10.1. The van der Waals surface area contributed by atoms with Gasteiger partial charge in [-0.1, -0.05) is 24.3 Å². The second kappa shape index (κ2) is 7.99. The lowest BCUT2D eigenvalue weighted by Gasteiger charge is -2.26. The molecule has 0 aromatic heterocycles. The second-order valence-corrected chi connectivity index (χ2v) is 8.26. The quantitative estimate of drug-likeness (QED) is 0.872. The first-order valence-corrected chi connectivity index (χ1v) is 10.1. The Labute approximate surface area is 153 Å². The molecule has 2 aromatic rings. The molecule has 0 unspecified atom stereocenters. The van der Waals surface area contributed by atoms with E-state index < -0.39 is 10.0 Å². The smallest absolute Gasteiger partial charge is 0.255 e. The number of anilines is 1. The van der Waals surface area contributed by atoms with Crippen molar-refractivity contribution in [1.29, 1.82) is 0 Å². The van der Waals surface area contributed by atoms with Crippen molar-refractivity contribution in [2.45, 2.75) is 12.7 Å². The van der Waals surface area contributed by atoms with Gasteiger partial charge in [0, 0.05) is 24.3 Å². The summed E-state index contributed by atoms with van der Waals surface area (Å²) in [6.45, 7) is 3.59. The Morgan fingerprint density at radius 3 is 2.46 bits per heavy atom. The zero-order chi connectivity index (χ0) is 18.6. The first kappa shape index (κ1) is 18.6. The Hall–Kier alpha value is -2.22. The predicted molar refractivity (Wildman–Crippen MR) is 101 cm³/mol. The molecule has 1 saturated heterocycles. The monoisotopic (exact) mass is 374 g/mol. The standard InChI is InChI=1S/C19H22N2O4S/c1-15-3-2-4-18(13-15)20-19(22)17-7-5-16(6-8-17)14-26(23,24)21-9-11-25-12-10-21/h2-8,13H,9-12,14H2,1H3,(H,20,22). The molecule has 2 aromatic carbocycles. The Bertz CT molecular complexity index is 873. The Morgan fingerprint density at radius 1 is 1.12 bits per heavy atom. The van der Waals surface area contributed by atoms with Gasteiger partial charge in [0.15, 0.2) is 0 Å². The number of amides is 1. The number of aryl methyl sites for hydroxylation is 1. The number of carbonyl (C=O) groups excluding carboxylic acids is 1. The Balaban J connectivity index is 1.65. The molecule has 0 spiro atoms. The van der Waals surface area contributed by atoms with Crippen LogP contribution in [-0.4, -0.2) is 44.9 Å². The van der Waals surface area contributed by atoms with Crippen molar-refractivity contribution in [2.75, 3.05) is 31.6 Å². The molecule has 1 N–H and O–H groups in total. The number of ether oxygens (including phenoxy) is 1. The summed E-state index contributed by atoms with van der Waals surface area (Å²) in [5.74, 6) is -0.301. The van der Waals surface area contributed by atoms with Gasteiger partial charge in [0.2, 0.25) is 10.0 Å². The van der Waals surface area contributed by atoms with Gasteiger partial charge in [-0.2, -0.15) is 4.31 Å². The number of hydrogen-bond donors (Lipinski definition) is 1. The van der Waals surface area contributed by atoms with Crippen LogP contribution >= 0.6 is 0 Å². The van der Waals surface area contributed by atoms with Crippen LogP contribution in [0.5, 0.6) is 0 Å². The summed E-state index contributed by atoms with van der Waals surface area (Å²) >= 11 is 0. The van der Waals surface area contributed by atoms with Gasteiger partial charge in [-0.25, -0.2) is 8.42 Å². The number of sulfonamides is 1. The minimum absolute atomic E-state index is 0.0766. The van der Waals surface area contributed by atoms with E-state index in [4.69, 9.17) is 4.74 Å². The fourth-order valence-electron chi connectivity index (χ4n) is 2.81. The van der Waals surface area contributed by atoms with Crippen molar-refractivity contribution in [3.05, 3.63) is 65.2 Å². The lowest BCUT2D eigenvalue weighted by molar-refractivity contribution is 0.0729. The van der Waals surface area contributed by atoms with Gasteiger partial charge in [-0.15, -0.1) is 0 Å². The van der Waals surface area contributed by atoms with Gasteiger partial charge >= 0.3 is 0 Å². The van der Waals surface area contributed by atoms with Crippen LogP contribution in [0.25, 0.3) is 0 Å². The number of nitrogens with one attached hydrogen (secondary N) is 1. The number of benzene rings is 2. The molecule has 1 fully saturated rings. The third kappa shape index (κ3) is 4.69. The van der Waals surface area contributed by atoms with Crippen LogP contribution in [0.4, 0.5) is 5.69 Å². The molecule has 26 heavy (non-hydrogen) atoms. The third-order valence-corrected chi connectivity index (χ3v) is 6.05. The second-order valence-electron chi connectivity index (χ2n) is 6.29. The van der Waals surface area contributed by atoms with Crippen LogP contribution in [0, 0.1) is 6.92 Å². The van der Waals surface area contributed by atoms with E-state index in [1.807, 2.05) is 31.2 Å². The molecule has 0 saturated carbocycles. The van der Waals surface area contributed by atoms with E-state index in [-0.39, 0.29) is 11.7 Å². The van der Waals surface area contributed by atoms with Gasteiger partial charge < -0.3 is 10.1 Å². The average Bonchev–Trinajstić information content (AvgIpc) is 2.63. The number of rotatable bonds is 5. The van der Waals surface area contributed by atoms with Gasteiger partial charge in [0.25, 0.3) is 5.91 Å². The number of nitrogens with zero attached hydrogens (tertiary/aromatic N) is 1. The highest BCUT2D eigenvalue weighted by molar-refractivity contribution is 7.88. The number of carbonyl (C=O) groups is 1. The molecule has 1 aliphatic heterocycles. The highest BCUT2D eigenvalue weighted by atomic mass is 32.2. The van der Waals surface area contributed by atoms with Gasteiger partial charge in [0.05, 0.1) is 19.0 Å². The van der Waals surface area contributed by atoms with Crippen LogP contribution in [0.15, 0.2) is 48.5 Å². The van der Waals surface area contributed by atoms with Crippen molar-refractivity contribution in [3.8, 4) is 0 Å². The summed E-state index contributed by atoms with van der Waals surface area (Å²) in [5.41, 5.74) is 2.93. The highest BCUT2D eigenvalue weighted by Crippen LogP contribution is 2.15. The van der Waals surface area contributed by atoms with Gasteiger partial charge in [0.1, 0.15) is 0 Å². The maximum Gasteiger partial charge on any atom is 0.255 e. The summed E-state index contributed by atoms with van der Waals surface area (Å²) in [6, 6.07) is 14.2. The third-order valence-electron chi connectivity index (χ3n) is 4.20. The Kier molecular flexibility index (Phi) is 5.70. The van der Waals surface area contributed by atoms with E-state index in [9.17, 15) is 13.2 Å². The van der Waals surface area contributed by atoms with E-state index in [2.05, 4.69) is 5.32 Å². The molecule has 0 bridgehead atoms. The minimum Gasteiger partial charge on any atom is -0.379 e. The van der Waals surface area contributed by atoms with Gasteiger partial charge in [-0.05, 0) is 42.3 Å². The molecule has 1 amide bonds. The van der Waals surface area contributed by atoms with Crippen molar-refractivity contribution in [1.82, 2.24) is 4.31 Å². The van der Waals surface area contributed by atoms with Crippen LogP contribution in [0.3, 0.4) is 0 Å². The summed E-state index contributed by atoms with van der Waals surface area (Å²) in [6.07, 6.45) is 0. The summed E-state index contributed by atoms with van der Waals surface area (Å²) < 4.78 is 31.5. The molecule has 7 heteroatoms. The largest absolute Gasteiger partial charge is 0.379 e. The highest BCUT2D eigenvalue weighted by Gasteiger charge is 2.24. The van der Waals surface area contributed by atoms with Gasteiger partial charge in [-0.3, -0.25) is 4.79 Å². The van der Waals surface area contributed by atoms with Crippen LogP contribution in [-0.2, 0) is 20.5 Å². The van der Waals surface area contributed by atoms with E-state index >= 15 is 0 Å². The van der Waals surface area contributed by atoms with Crippen molar-refractivity contribution in [2.24, 2.45) is 0 Å². The minimum atomic E-state index is -3.37. The predicted octanol–water partition coefficient (Wildman–Crippen LogP) is 2.41. The molecule has 0 aliphatic carbocycles. The van der Waals surface area contributed by atoms with E-state index in [1.54, 1.807) is 24.3 Å². The van der Waals surface area contributed by atoms with Crippen LogP contribution in [0.2, 0.25) is 0 Å². The molecular formula is C19H22N2O4S. The molecule has 0 atom stereocenters. The zero-order valence-electron chi connectivity index (χ0n) is 14.6. The normalized spacial score (nSPS) is 15.6. The van der Waals surface area contributed by atoms with E-state index in [0.717, 1.165) is 11.3 Å². The van der Waals surface area contributed by atoms with Crippen molar-refractivity contribution >= 4 is 21.6 Å². The lowest BCUT2D eigenvalue weighted by Crippen LogP contribution is -2.41. The number of morpholine rings is 1.